The van der Waals surface area contributed by atoms with Crippen LogP contribution in [0.15, 0.2) is 46.6 Å². The van der Waals surface area contributed by atoms with Gasteiger partial charge in [0.2, 0.25) is 5.78 Å². The van der Waals surface area contributed by atoms with E-state index in [0.29, 0.717) is 35.1 Å². The fraction of sp³-hybridized carbons (Fsp3) is 0.320. The topological polar surface area (TPSA) is 62.9 Å². The molecule has 1 fully saturated rings. The quantitative estimate of drug-likeness (QED) is 0.602. The summed E-state index contributed by atoms with van der Waals surface area (Å²) in [6.07, 6.45) is 4.02. The number of hydrogen-bond acceptors (Lipinski definition) is 5. The Balaban J connectivity index is 1.50. The third-order valence-corrected chi connectivity index (χ3v) is 6.06. The van der Waals surface area contributed by atoms with Crippen molar-refractivity contribution in [3.63, 3.8) is 0 Å². The first-order valence-electron chi connectivity index (χ1n) is 10.5. The predicted molar refractivity (Wildman–Crippen MR) is 116 cm³/mol. The molecule has 1 saturated heterocycles. The number of ketones is 1. The van der Waals surface area contributed by atoms with Crippen molar-refractivity contribution in [1.82, 2.24) is 4.90 Å². The number of nitrogens with zero attached hydrogens (tertiary/aromatic N) is 1. The monoisotopic (exact) mass is 403 g/mol. The van der Waals surface area contributed by atoms with Crippen molar-refractivity contribution < 1.29 is 19.1 Å². The number of piperidine rings is 1. The van der Waals surface area contributed by atoms with Gasteiger partial charge in [0.05, 0.1) is 11.1 Å². The minimum Gasteiger partial charge on any atom is -0.507 e. The number of aromatic hydroxyl groups is 1. The van der Waals surface area contributed by atoms with Crippen LogP contribution in [0.25, 0.3) is 17.0 Å². The van der Waals surface area contributed by atoms with E-state index >= 15 is 0 Å². The van der Waals surface area contributed by atoms with Crippen molar-refractivity contribution >= 4 is 22.8 Å². The Hall–Kier alpha value is -3.05. The second-order valence-corrected chi connectivity index (χ2v) is 8.50. The minimum absolute atomic E-state index is 0.170. The number of furan rings is 1. The summed E-state index contributed by atoms with van der Waals surface area (Å²) in [6, 6.07) is 11.3. The lowest BCUT2D eigenvalue weighted by Gasteiger charge is -2.31. The van der Waals surface area contributed by atoms with Gasteiger partial charge in [-0.1, -0.05) is 25.1 Å². The van der Waals surface area contributed by atoms with Crippen LogP contribution in [-0.4, -0.2) is 28.9 Å². The first-order chi connectivity index (χ1) is 14.5. The van der Waals surface area contributed by atoms with Gasteiger partial charge in [0.15, 0.2) is 5.76 Å². The number of phenolic OH excluding ortho intramolecular Hbond substituents is 1. The molecule has 1 aromatic heterocycles. The number of hydrogen-bond donors (Lipinski definition) is 1. The first kappa shape index (κ1) is 18.9. The van der Waals surface area contributed by atoms with Gasteiger partial charge in [0.25, 0.3) is 0 Å². The number of fused-ring (bicyclic) bond motifs is 2. The lowest BCUT2D eigenvalue weighted by atomic mass is 9.97. The van der Waals surface area contributed by atoms with Crippen molar-refractivity contribution in [3.8, 4) is 11.5 Å². The second kappa shape index (κ2) is 7.33. The van der Waals surface area contributed by atoms with Crippen LogP contribution in [0.3, 0.4) is 0 Å². The molecule has 5 rings (SSSR count). The zero-order chi connectivity index (χ0) is 20.8. The number of aryl methyl sites for hydroxylation is 1. The average Bonchev–Trinajstić information content (AvgIpc) is 3.26. The van der Waals surface area contributed by atoms with Crippen molar-refractivity contribution in [2.75, 3.05) is 13.1 Å². The average molecular weight is 403 g/mol. The third-order valence-electron chi connectivity index (χ3n) is 6.06. The molecule has 0 radical (unpaired) electrons. The van der Waals surface area contributed by atoms with E-state index in [2.05, 4.69) is 11.8 Å². The molecule has 2 aliphatic heterocycles. The van der Waals surface area contributed by atoms with E-state index in [1.54, 1.807) is 12.1 Å². The third kappa shape index (κ3) is 3.29. The molecule has 30 heavy (non-hydrogen) atoms. The zero-order valence-corrected chi connectivity index (χ0v) is 17.3. The highest BCUT2D eigenvalue weighted by Crippen LogP contribution is 2.42. The summed E-state index contributed by atoms with van der Waals surface area (Å²) >= 11 is 0. The Morgan fingerprint density at radius 3 is 2.90 bits per heavy atom. The van der Waals surface area contributed by atoms with Crippen LogP contribution in [-0.2, 0) is 6.54 Å². The van der Waals surface area contributed by atoms with Gasteiger partial charge in [-0.2, -0.15) is 0 Å². The van der Waals surface area contributed by atoms with Crippen LogP contribution in [0.5, 0.6) is 11.5 Å². The minimum atomic E-state index is -0.170. The summed E-state index contributed by atoms with van der Waals surface area (Å²) in [4.78, 5) is 15.4. The number of Topliss-reactive ketones (excluding diaryl/α,β-unsaturated/α-hetero) is 1. The number of carbonyl (C=O) groups is 1. The maximum absolute atomic E-state index is 13.1. The van der Waals surface area contributed by atoms with Crippen LogP contribution < -0.4 is 4.74 Å². The van der Waals surface area contributed by atoms with Gasteiger partial charge in [0.1, 0.15) is 22.8 Å². The van der Waals surface area contributed by atoms with Crippen molar-refractivity contribution in [1.29, 1.82) is 0 Å². The fourth-order valence-electron chi connectivity index (χ4n) is 4.59. The molecule has 154 valence electrons. The van der Waals surface area contributed by atoms with Gasteiger partial charge in [-0.05, 0) is 56.0 Å². The number of carbonyl (C=O) groups excluding carboxylic acids is 1. The molecule has 2 aromatic carbocycles. The van der Waals surface area contributed by atoms with Crippen molar-refractivity contribution in [2.24, 2.45) is 5.92 Å². The molecule has 3 heterocycles. The van der Waals surface area contributed by atoms with Gasteiger partial charge in [-0.25, -0.2) is 0 Å². The van der Waals surface area contributed by atoms with E-state index in [4.69, 9.17) is 9.15 Å². The number of rotatable bonds is 3. The normalized spacial score (nSPS) is 20.7. The van der Waals surface area contributed by atoms with Gasteiger partial charge in [0, 0.05) is 24.6 Å². The van der Waals surface area contributed by atoms with Crippen LogP contribution in [0.4, 0.5) is 0 Å². The molecule has 5 heteroatoms. The molecule has 2 aliphatic rings. The highest BCUT2D eigenvalue weighted by atomic mass is 16.5. The Labute approximate surface area is 175 Å². The van der Waals surface area contributed by atoms with Crippen LogP contribution >= 0.6 is 0 Å². The zero-order valence-electron chi connectivity index (χ0n) is 17.3. The van der Waals surface area contributed by atoms with E-state index in [1.807, 2.05) is 37.3 Å². The van der Waals surface area contributed by atoms with E-state index in [9.17, 15) is 9.90 Å². The number of likely N-dealkylation sites (tertiary alicyclic amines) is 1. The Kier molecular flexibility index (Phi) is 4.63. The molecule has 1 atom stereocenters. The summed E-state index contributed by atoms with van der Waals surface area (Å²) in [5.74, 6) is 1.92. The second-order valence-electron chi connectivity index (χ2n) is 8.50. The molecule has 1 N–H and O–H groups in total. The first-order valence-corrected chi connectivity index (χ1v) is 10.5. The van der Waals surface area contributed by atoms with Crippen LogP contribution in [0, 0.1) is 12.8 Å². The van der Waals surface area contributed by atoms with Crippen LogP contribution in [0.1, 0.15) is 47.0 Å². The molecular weight excluding hydrogens is 378 g/mol. The van der Waals surface area contributed by atoms with E-state index < -0.39 is 0 Å². The summed E-state index contributed by atoms with van der Waals surface area (Å²) in [5, 5.41) is 11.6. The molecule has 3 aromatic rings. The van der Waals surface area contributed by atoms with Crippen LogP contribution in [0.2, 0.25) is 0 Å². The predicted octanol–water partition coefficient (Wildman–Crippen LogP) is 5.29. The van der Waals surface area contributed by atoms with Crippen molar-refractivity contribution in [2.45, 2.75) is 33.2 Å². The Bertz CT molecular complexity index is 1140. The summed E-state index contributed by atoms with van der Waals surface area (Å²) < 4.78 is 11.9. The summed E-state index contributed by atoms with van der Waals surface area (Å²) in [7, 11) is 0. The van der Waals surface area contributed by atoms with Gasteiger partial charge in [-0.3, -0.25) is 9.69 Å². The molecule has 0 spiro atoms. The standard InChI is InChI=1S/C25H25NO4/c1-15-6-5-9-26(13-15)14-19-20(27)10-16(2)23-24(28)22(30-25(19)23)12-18-11-17-7-3-4-8-21(17)29-18/h3-4,7-8,10-12,15,27H,5-6,9,13-14H2,1-2H3/t15-/m1/s1. The number of benzene rings is 2. The SMILES string of the molecule is Cc1cc(O)c(CN2CCC[C@@H](C)C2)c2c1C(=O)C(=Cc1cc3ccccc3o1)O2. The number of para-hydroxylation sites is 1. The maximum Gasteiger partial charge on any atom is 0.232 e. The molecule has 0 amide bonds. The maximum atomic E-state index is 13.1. The lowest BCUT2D eigenvalue weighted by Crippen LogP contribution is -2.33. The Morgan fingerprint density at radius 1 is 1.27 bits per heavy atom. The number of allylic oxidation sites excluding steroid dienone is 1. The lowest BCUT2D eigenvalue weighted by molar-refractivity contribution is 0.101. The van der Waals surface area contributed by atoms with E-state index in [-0.39, 0.29) is 17.3 Å². The molecule has 0 aliphatic carbocycles. The number of phenols is 1. The van der Waals surface area contributed by atoms with E-state index in [1.165, 1.54) is 6.42 Å². The smallest absolute Gasteiger partial charge is 0.232 e. The summed E-state index contributed by atoms with van der Waals surface area (Å²) in [5.41, 5.74) is 2.71. The van der Waals surface area contributed by atoms with Gasteiger partial charge >= 0.3 is 0 Å². The van der Waals surface area contributed by atoms with Gasteiger partial charge in [-0.15, -0.1) is 0 Å². The molecule has 0 unspecified atom stereocenters. The molecular formula is C25H25NO4. The molecule has 0 bridgehead atoms. The Morgan fingerprint density at radius 2 is 2.10 bits per heavy atom. The molecule has 0 saturated carbocycles. The number of ether oxygens (including phenoxy) is 1. The largest absolute Gasteiger partial charge is 0.507 e. The highest BCUT2D eigenvalue weighted by molar-refractivity contribution is 6.15. The summed E-state index contributed by atoms with van der Waals surface area (Å²) in [6.45, 7) is 6.63. The van der Waals surface area contributed by atoms with E-state index in [0.717, 1.165) is 36.0 Å². The molecule has 5 nitrogen and oxygen atoms in total. The highest BCUT2D eigenvalue weighted by Gasteiger charge is 2.34. The van der Waals surface area contributed by atoms with Crippen molar-refractivity contribution in [3.05, 3.63) is 64.6 Å². The fourth-order valence-corrected chi connectivity index (χ4v) is 4.59. The van der Waals surface area contributed by atoms with Gasteiger partial charge < -0.3 is 14.3 Å².